The van der Waals surface area contributed by atoms with Gasteiger partial charge in [-0.3, -0.25) is 0 Å². The van der Waals surface area contributed by atoms with Gasteiger partial charge < -0.3 is 14.3 Å². The maximum atomic E-state index is 9.73. The third-order valence-corrected chi connectivity index (χ3v) is 2.91. The predicted molar refractivity (Wildman–Crippen MR) is 67.0 cm³/mol. The summed E-state index contributed by atoms with van der Waals surface area (Å²) in [6.45, 7) is 2.65. The summed E-state index contributed by atoms with van der Waals surface area (Å²) < 4.78 is 10.7. The lowest BCUT2D eigenvalue weighted by Gasteiger charge is -2.00. The van der Waals surface area contributed by atoms with E-state index >= 15 is 0 Å². The molecular weight excluding hydrogens is 216 g/mol. The highest BCUT2D eigenvalue weighted by Gasteiger charge is 2.11. The standard InChI is InChI=1S/C14H18O3/c1-3-12(15)14-9-11-8-10(6-7-16-2)4-5-13(11)17-14/h4-5,8-9,12,15H,3,6-7H2,1-2H3. The number of fused-ring (bicyclic) bond motifs is 1. The van der Waals surface area contributed by atoms with Crippen molar-refractivity contribution in [3.8, 4) is 0 Å². The molecule has 0 amide bonds. The van der Waals surface area contributed by atoms with E-state index in [1.807, 2.05) is 25.1 Å². The van der Waals surface area contributed by atoms with Gasteiger partial charge in [-0.25, -0.2) is 0 Å². The van der Waals surface area contributed by atoms with E-state index in [4.69, 9.17) is 9.15 Å². The molecule has 17 heavy (non-hydrogen) atoms. The van der Waals surface area contributed by atoms with Gasteiger partial charge in [0.1, 0.15) is 17.4 Å². The van der Waals surface area contributed by atoms with E-state index < -0.39 is 6.10 Å². The van der Waals surface area contributed by atoms with Crippen LogP contribution in [0.1, 0.15) is 30.8 Å². The van der Waals surface area contributed by atoms with E-state index in [0.717, 1.165) is 17.4 Å². The first-order valence-electron chi connectivity index (χ1n) is 5.94. The first-order valence-corrected chi connectivity index (χ1v) is 5.94. The van der Waals surface area contributed by atoms with Crippen LogP contribution in [0.15, 0.2) is 28.7 Å². The monoisotopic (exact) mass is 234 g/mol. The lowest BCUT2D eigenvalue weighted by Crippen LogP contribution is -1.93. The van der Waals surface area contributed by atoms with Crippen LogP contribution < -0.4 is 0 Å². The van der Waals surface area contributed by atoms with Crippen LogP contribution in [0.25, 0.3) is 11.0 Å². The molecule has 0 saturated carbocycles. The van der Waals surface area contributed by atoms with Gasteiger partial charge >= 0.3 is 0 Å². The second-order valence-corrected chi connectivity index (χ2v) is 4.19. The zero-order valence-electron chi connectivity index (χ0n) is 10.3. The zero-order valence-corrected chi connectivity index (χ0v) is 10.3. The largest absolute Gasteiger partial charge is 0.458 e. The van der Waals surface area contributed by atoms with Crippen LogP contribution in [0.4, 0.5) is 0 Å². The Bertz CT molecular complexity index is 487. The molecular formula is C14H18O3. The summed E-state index contributed by atoms with van der Waals surface area (Å²) >= 11 is 0. The van der Waals surface area contributed by atoms with Gasteiger partial charge in [-0.05, 0) is 36.6 Å². The molecule has 3 heteroatoms. The van der Waals surface area contributed by atoms with Gasteiger partial charge in [0.15, 0.2) is 0 Å². The maximum Gasteiger partial charge on any atom is 0.134 e. The SMILES string of the molecule is CCC(O)c1cc2cc(CCOC)ccc2o1. The topological polar surface area (TPSA) is 42.6 Å². The van der Waals surface area contributed by atoms with Crippen molar-refractivity contribution in [3.63, 3.8) is 0 Å². The van der Waals surface area contributed by atoms with Crippen molar-refractivity contribution in [3.05, 3.63) is 35.6 Å². The molecule has 1 heterocycles. The molecule has 1 N–H and O–H groups in total. The lowest BCUT2D eigenvalue weighted by molar-refractivity contribution is 0.148. The fraction of sp³-hybridized carbons (Fsp3) is 0.429. The highest BCUT2D eigenvalue weighted by atomic mass is 16.5. The first kappa shape index (κ1) is 12.1. The number of aliphatic hydroxyl groups excluding tert-OH is 1. The number of methoxy groups -OCH3 is 1. The molecule has 0 aliphatic rings. The average Bonchev–Trinajstić information content (AvgIpc) is 2.78. The third-order valence-electron chi connectivity index (χ3n) is 2.91. The Morgan fingerprint density at radius 1 is 1.35 bits per heavy atom. The minimum atomic E-state index is -0.509. The maximum absolute atomic E-state index is 9.73. The first-order chi connectivity index (χ1) is 8.24. The van der Waals surface area contributed by atoms with Crippen LogP contribution in [0, 0.1) is 0 Å². The second kappa shape index (κ2) is 5.34. The number of hydrogen-bond acceptors (Lipinski definition) is 3. The molecule has 1 unspecified atom stereocenters. The van der Waals surface area contributed by atoms with E-state index in [-0.39, 0.29) is 0 Å². The number of rotatable bonds is 5. The van der Waals surface area contributed by atoms with Gasteiger partial charge in [0.05, 0.1) is 6.61 Å². The average molecular weight is 234 g/mol. The van der Waals surface area contributed by atoms with Crippen LogP contribution in [0.5, 0.6) is 0 Å². The predicted octanol–water partition coefficient (Wildman–Crippen LogP) is 3.07. The number of hydrogen-bond donors (Lipinski definition) is 1. The molecule has 0 saturated heterocycles. The Morgan fingerprint density at radius 3 is 2.88 bits per heavy atom. The summed E-state index contributed by atoms with van der Waals surface area (Å²) in [5.74, 6) is 0.645. The molecule has 2 aromatic rings. The minimum Gasteiger partial charge on any atom is -0.458 e. The summed E-state index contributed by atoms with van der Waals surface area (Å²) in [6, 6.07) is 7.99. The quantitative estimate of drug-likeness (QED) is 0.864. The smallest absolute Gasteiger partial charge is 0.134 e. The van der Waals surface area contributed by atoms with Crippen LogP contribution in [-0.2, 0) is 11.2 Å². The van der Waals surface area contributed by atoms with E-state index in [2.05, 4.69) is 6.07 Å². The van der Waals surface area contributed by atoms with Gasteiger partial charge in [-0.1, -0.05) is 13.0 Å². The van der Waals surface area contributed by atoms with Gasteiger partial charge in [-0.2, -0.15) is 0 Å². The highest BCUT2D eigenvalue weighted by molar-refractivity contribution is 5.78. The molecule has 92 valence electrons. The highest BCUT2D eigenvalue weighted by Crippen LogP contribution is 2.26. The van der Waals surface area contributed by atoms with E-state index in [9.17, 15) is 5.11 Å². The van der Waals surface area contributed by atoms with Crippen LogP contribution in [-0.4, -0.2) is 18.8 Å². The summed E-state index contributed by atoms with van der Waals surface area (Å²) in [4.78, 5) is 0. The van der Waals surface area contributed by atoms with E-state index in [0.29, 0.717) is 18.8 Å². The number of benzene rings is 1. The summed E-state index contributed by atoms with van der Waals surface area (Å²) in [5, 5.41) is 10.8. The Kier molecular flexibility index (Phi) is 3.82. The molecule has 1 aromatic carbocycles. The summed E-state index contributed by atoms with van der Waals surface area (Å²) in [7, 11) is 1.70. The van der Waals surface area contributed by atoms with Gasteiger partial charge in [0.25, 0.3) is 0 Å². The van der Waals surface area contributed by atoms with Crippen molar-refractivity contribution in [2.75, 3.05) is 13.7 Å². The van der Waals surface area contributed by atoms with Crippen LogP contribution >= 0.6 is 0 Å². The normalized spacial score (nSPS) is 13.1. The van der Waals surface area contributed by atoms with Gasteiger partial charge in [0.2, 0.25) is 0 Å². The molecule has 2 rings (SSSR count). The van der Waals surface area contributed by atoms with Crippen molar-refractivity contribution in [2.45, 2.75) is 25.9 Å². The number of aliphatic hydroxyl groups is 1. The van der Waals surface area contributed by atoms with Crippen molar-refractivity contribution in [1.29, 1.82) is 0 Å². The minimum absolute atomic E-state index is 0.509. The van der Waals surface area contributed by atoms with Crippen molar-refractivity contribution >= 4 is 11.0 Å². The third kappa shape index (κ3) is 2.68. The molecule has 3 nitrogen and oxygen atoms in total. The molecule has 0 spiro atoms. The van der Waals surface area contributed by atoms with E-state index in [1.165, 1.54) is 5.56 Å². The summed E-state index contributed by atoms with van der Waals surface area (Å²) in [5.41, 5.74) is 2.05. The molecule has 0 fully saturated rings. The fourth-order valence-electron chi connectivity index (χ4n) is 1.85. The molecule has 1 atom stereocenters. The van der Waals surface area contributed by atoms with E-state index in [1.54, 1.807) is 7.11 Å². The fourth-order valence-corrected chi connectivity index (χ4v) is 1.85. The van der Waals surface area contributed by atoms with Crippen LogP contribution in [0.3, 0.4) is 0 Å². The Morgan fingerprint density at radius 2 is 2.18 bits per heavy atom. The van der Waals surface area contributed by atoms with Crippen molar-refractivity contribution in [1.82, 2.24) is 0 Å². The second-order valence-electron chi connectivity index (χ2n) is 4.19. The Hall–Kier alpha value is -1.32. The molecule has 0 bridgehead atoms. The molecule has 0 aliphatic heterocycles. The Balaban J connectivity index is 2.27. The van der Waals surface area contributed by atoms with Crippen molar-refractivity contribution in [2.24, 2.45) is 0 Å². The Labute approximate surface area is 101 Å². The number of furan rings is 1. The number of ether oxygens (including phenoxy) is 1. The van der Waals surface area contributed by atoms with Crippen molar-refractivity contribution < 1.29 is 14.3 Å². The van der Waals surface area contributed by atoms with Crippen LogP contribution in [0.2, 0.25) is 0 Å². The van der Waals surface area contributed by atoms with Gasteiger partial charge in [0, 0.05) is 12.5 Å². The molecule has 0 aliphatic carbocycles. The van der Waals surface area contributed by atoms with Gasteiger partial charge in [-0.15, -0.1) is 0 Å². The molecule has 0 radical (unpaired) electrons. The zero-order chi connectivity index (χ0) is 12.3. The summed E-state index contributed by atoms with van der Waals surface area (Å²) in [6.07, 6.45) is 1.05. The molecule has 1 aromatic heterocycles. The lowest BCUT2D eigenvalue weighted by atomic mass is 10.1.